The summed E-state index contributed by atoms with van der Waals surface area (Å²) >= 11 is 0. The van der Waals surface area contributed by atoms with Gasteiger partial charge in [-0.2, -0.15) is 10.1 Å². The zero-order valence-corrected chi connectivity index (χ0v) is 14.2. The average molecular weight is 337 g/mol. The maximum Gasteiger partial charge on any atom is 0.233 e. The Morgan fingerprint density at radius 1 is 1.40 bits per heavy atom. The third-order valence-electron chi connectivity index (χ3n) is 4.64. The lowest BCUT2D eigenvalue weighted by molar-refractivity contribution is -0.117. The fourth-order valence-electron chi connectivity index (χ4n) is 3.25. The van der Waals surface area contributed by atoms with Gasteiger partial charge in [-0.25, -0.2) is 0 Å². The lowest BCUT2D eigenvalue weighted by Gasteiger charge is -2.12. The summed E-state index contributed by atoms with van der Waals surface area (Å²) < 4.78 is 6.83. The minimum atomic E-state index is -0.143. The van der Waals surface area contributed by atoms with Crippen molar-refractivity contribution in [2.45, 2.75) is 32.1 Å². The second-order valence-corrected chi connectivity index (χ2v) is 6.20. The molecule has 2 heterocycles. The van der Waals surface area contributed by atoms with Crippen molar-refractivity contribution in [2.75, 3.05) is 5.32 Å². The van der Waals surface area contributed by atoms with E-state index in [-0.39, 0.29) is 11.8 Å². The zero-order chi connectivity index (χ0) is 17.4. The number of anilines is 1. The third kappa shape index (κ3) is 2.82. The smallest absolute Gasteiger partial charge is 0.233 e. The van der Waals surface area contributed by atoms with E-state index in [1.54, 1.807) is 24.0 Å². The average Bonchev–Trinajstić information content (AvgIpc) is 3.34. The van der Waals surface area contributed by atoms with Gasteiger partial charge < -0.3 is 9.84 Å². The maximum absolute atomic E-state index is 12.6. The van der Waals surface area contributed by atoms with E-state index < -0.39 is 0 Å². The Kier molecular flexibility index (Phi) is 3.83. The van der Waals surface area contributed by atoms with Crippen LogP contribution in [0.1, 0.15) is 36.3 Å². The molecule has 0 saturated carbocycles. The number of hydrogen-bond acceptors (Lipinski definition) is 5. The Morgan fingerprint density at radius 3 is 3.00 bits per heavy atom. The van der Waals surface area contributed by atoms with E-state index in [0.717, 1.165) is 24.0 Å². The van der Waals surface area contributed by atoms with E-state index in [2.05, 4.69) is 26.6 Å². The molecule has 0 unspecified atom stereocenters. The molecule has 2 aromatic heterocycles. The summed E-state index contributed by atoms with van der Waals surface area (Å²) in [4.78, 5) is 17.0. The van der Waals surface area contributed by atoms with Gasteiger partial charge in [-0.15, -0.1) is 0 Å². The normalized spacial score (nSPS) is 16.0. The largest absolute Gasteiger partial charge is 0.339 e. The molecule has 0 fully saturated rings. The molecular formula is C18H19N5O2. The first-order chi connectivity index (χ1) is 12.2. The SMILES string of the molecule is CCc1nc(-c2ccc3c(c2)CC[C@H]3C(=O)Nc2ccnn2C)no1. The molecule has 0 aliphatic heterocycles. The predicted octanol–water partition coefficient (Wildman–Crippen LogP) is 2.70. The van der Waals surface area contributed by atoms with Gasteiger partial charge in [0.1, 0.15) is 5.82 Å². The topological polar surface area (TPSA) is 85.8 Å². The van der Waals surface area contributed by atoms with Crippen molar-refractivity contribution in [1.29, 1.82) is 0 Å². The van der Waals surface area contributed by atoms with Crippen LogP contribution in [0.25, 0.3) is 11.4 Å². The number of aryl methyl sites for hydroxylation is 3. The lowest BCUT2D eigenvalue weighted by Crippen LogP contribution is -2.20. The molecule has 0 saturated heterocycles. The molecule has 0 bridgehead atoms. The van der Waals surface area contributed by atoms with E-state index in [9.17, 15) is 4.79 Å². The maximum atomic E-state index is 12.6. The molecule has 4 rings (SSSR count). The summed E-state index contributed by atoms with van der Waals surface area (Å²) in [6, 6.07) is 7.82. The number of nitrogens with one attached hydrogen (secondary N) is 1. The summed E-state index contributed by atoms with van der Waals surface area (Å²) in [5.41, 5.74) is 3.17. The van der Waals surface area contributed by atoms with Gasteiger partial charge in [-0.3, -0.25) is 9.48 Å². The Bertz CT molecular complexity index is 927. The second kappa shape index (κ2) is 6.16. The molecule has 1 amide bonds. The Labute approximate surface area is 145 Å². The molecule has 1 aliphatic carbocycles. The van der Waals surface area contributed by atoms with Gasteiger partial charge in [0.25, 0.3) is 0 Å². The lowest BCUT2D eigenvalue weighted by atomic mass is 9.99. The van der Waals surface area contributed by atoms with E-state index in [4.69, 9.17) is 4.52 Å². The van der Waals surface area contributed by atoms with Crippen molar-refractivity contribution in [2.24, 2.45) is 7.05 Å². The van der Waals surface area contributed by atoms with Crippen molar-refractivity contribution in [3.05, 3.63) is 47.5 Å². The van der Waals surface area contributed by atoms with E-state index in [0.29, 0.717) is 24.0 Å². The molecule has 25 heavy (non-hydrogen) atoms. The minimum Gasteiger partial charge on any atom is -0.339 e. The number of carbonyl (C=O) groups is 1. The fraction of sp³-hybridized carbons (Fsp3) is 0.333. The number of benzene rings is 1. The standard InChI is InChI=1S/C18H19N5O2/c1-3-16-21-17(22-25-16)12-5-6-13-11(10-12)4-7-14(13)18(24)20-15-8-9-19-23(15)2/h5-6,8-10,14H,3-4,7H2,1-2H3,(H,20,24)/t14-/m1/s1. The first-order valence-electron chi connectivity index (χ1n) is 8.40. The molecule has 1 aliphatic rings. The number of carbonyl (C=O) groups excluding carboxylic acids is 1. The summed E-state index contributed by atoms with van der Waals surface area (Å²) in [7, 11) is 1.81. The van der Waals surface area contributed by atoms with Gasteiger partial charge in [0.2, 0.25) is 17.6 Å². The van der Waals surface area contributed by atoms with Crippen LogP contribution in [0.3, 0.4) is 0 Å². The van der Waals surface area contributed by atoms with Gasteiger partial charge in [0, 0.05) is 25.1 Å². The minimum absolute atomic E-state index is 0.00271. The van der Waals surface area contributed by atoms with Crippen LogP contribution in [0.2, 0.25) is 0 Å². The molecule has 7 nitrogen and oxygen atoms in total. The number of fused-ring (bicyclic) bond motifs is 1. The quantitative estimate of drug-likeness (QED) is 0.791. The van der Waals surface area contributed by atoms with Gasteiger partial charge in [-0.05, 0) is 30.0 Å². The van der Waals surface area contributed by atoms with Gasteiger partial charge in [0.05, 0.1) is 12.1 Å². The van der Waals surface area contributed by atoms with E-state index in [1.807, 2.05) is 19.1 Å². The highest BCUT2D eigenvalue weighted by atomic mass is 16.5. The highest BCUT2D eigenvalue weighted by Gasteiger charge is 2.29. The van der Waals surface area contributed by atoms with Gasteiger partial charge in [0.15, 0.2) is 0 Å². The molecular weight excluding hydrogens is 318 g/mol. The molecule has 7 heteroatoms. The molecule has 3 aromatic rings. The summed E-state index contributed by atoms with van der Waals surface area (Å²) in [5.74, 6) is 1.79. The second-order valence-electron chi connectivity index (χ2n) is 6.20. The molecule has 128 valence electrons. The molecule has 1 atom stereocenters. The number of aromatic nitrogens is 4. The monoisotopic (exact) mass is 337 g/mol. The number of hydrogen-bond donors (Lipinski definition) is 1. The first kappa shape index (κ1) is 15.6. The fourth-order valence-corrected chi connectivity index (χ4v) is 3.25. The Hall–Kier alpha value is -2.96. The molecule has 0 spiro atoms. The van der Waals surface area contributed by atoms with Crippen LogP contribution in [-0.4, -0.2) is 25.8 Å². The van der Waals surface area contributed by atoms with Crippen molar-refractivity contribution < 1.29 is 9.32 Å². The van der Waals surface area contributed by atoms with Crippen molar-refractivity contribution in [1.82, 2.24) is 19.9 Å². The van der Waals surface area contributed by atoms with E-state index >= 15 is 0 Å². The molecule has 0 radical (unpaired) electrons. The first-order valence-corrected chi connectivity index (χ1v) is 8.40. The van der Waals surface area contributed by atoms with Gasteiger partial charge >= 0.3 is 0 Å². The van der Waals surface area contributed by atoms with Crippen LogP contribution in [0.4, 0.5) is 5.82 Å². The molecule has 1 aromatic carbocycles. The predicted molar refractivity (Wildman–Crippen MR) is 92.0 cm³/mol. The third-order valence-corrected chi connectivity index (χ3v) is 4.64. The van der Waals surface area contributed by atoms with Crippen LogP contribution >= 0.6 is 0 Å². The van der Waals surface area contributed by atoms with Crippen molar-refractivity contribution in [3.63, 3.8) is 0 Å². The van der Waals surface area contributed by atoms with Crippen LogP contribution in [0, 0.1) is 0 Å². The van der Waals surface area contributed by atoms with Crippen LogP contribution in [0.15, 0.2) is 35.0 Å². The number of nitrogens with zero attached hydrogens (tertiary/aromatic N) is 4. The molecule has 1 N–H and O–H groups in total. The summed E-state index contributed by atoms with van der Waals surface area (Å²) in [6.07, 6.45) is 4.05. The van der Waals surface area contributed by atoms with Crippen molar-refractivity contribution in [3.8, 4) is 11.4 Å². The summed E-state index contributed by atoms with van der Waals surface area (Å²) in [6.45, 7) is 1.98. The number of amides is 1. The van der Waals surface area contributed by atoms with Crippen LogP contribution in [-0.2, 0) is 24.7 Å². The summed E-state index contributed by atoms with van der Waals surface area (Å²) in [5, 5.41) is 11.0. The van der Waals surface area contributed by atoms with Crippen molar-refractivity contribution >= 4 is 11.7 Å². The van der Waals surface area contributed by atoms with Crippen LogP contribution < -0.4 is 5.32 Å². The highest BCUT2D eigenvalue weighted by Crippen LogP contribution is 2.36. The van der Waals surface area contributed by atoms with Gasteiger partial charge in [-0.1, -0.05) is 24.2 Å². The zero-order valence-electron chi connectivity index (χ0n) is 14.2. The Balaban J connectivity index is 1.56. The number of rotatable bonds is 4. The highest BCUT2D eigenvalue weighted by molar-refractivity contribution is 5.96. The van der Waals surface area contributed by atoms with Crippen LogP contribution in [0.5, 0.6) is 0 Å². The van der Waals surface area contributed by atoms with E-state index in [1.165, 1.54) is 5.56 Å². The Morgan fingerprint density at radius 2 is 2.28 bits per heavy atom.